The maximum absolute atomic E-state index is 11.7. The number of dihydropyridines is 1. The zero-order valence-electron chi connectivity index (χ0n) is 19.3. The average molecular weight is 508 g/mol. The predicted octanol–water partition coefficient (Wildman–Crippen LogP) is 5.87. The average Bonchev–Trinajstić information content (AvgIpc) is 2.92. The number of rotatable bonds is 0. The Balaban J connectivity index is 0.000000630. The number of allylic oxidation sites excluding steroid dienone is 2. The van der Waals surface area contributed by atoms with E-state index in [1.165, 1.54) is 27.8 Å². The van der Waals surface area contributed by atoms with E-state index < -0.39 is 0 Å². The van der Waals surface area contributed by atoms with Gasteiger partial charge in [-0.3, -0.25) is 4.79 Å². The molecule has 0 bridgehead atoms. The van der Waals surface area contributed by atoms with Gasteiger partial charge in [-0.05, 0) is 94.6 Å². The van der Waals surface area contributed by atoms with E-state index in [9.17, 15) is 9.90 Å². The number of piperidine rings is 1. The van der Waals surface area contributed by atoms with Gasteiger partial charge in [-0.2, -0.15) is 11.8 Å². The van der Waals surface area contributed by atoms with Gasteiger partial charge in [0.05, 0.1) is 6.04 Å². The van der Waals surface area contributed by atoms with Gasteiger partial charge in [0.1, 0.15) is 5.75 Å². The minimum Gasteiger partial charge on any atom is -0.508 e. The van der Waals surface area contributed by atoms with Crippen LogP contribution in [0, 0.1) is 0 Å². The molecule has 1 aromatic rings. The Bertz CT molecular complexity index is 866. The topological polar surface area (TPSA) is 52.6 Å². The lowest BCUT2D eigenvalue weighted by Gasteiger charge is -2.33. The van der Waals surface area contributed by atoms with Crippen molar-refractivity contribution in [2.24, 2.45) is 0 Å². The summed E-state index contributed by atoms with van der Waals surface area (Å²) in [5.41, 5.74) is 6.57. The van der Waals surface area contributed by atoms with Crippen LogP contribution >= 0.6 is 27.7 Å². The van der Waals surface area contributed by atoms with Crippen LogP contribution in [0.1, 0.15) is 51.2 Å². The van der Waals surface area contributed by atoms with Crippen LogP contribution in [0.15, 0.2) is 46.1 Å². The minimum atomic E-state index is 0.156. The molecule has 1 unspecified atom stereocenters. The van der Waals surface area contributed by atoms with Crippen molar-refractivity contribution in [1.29, 1.82) is 0 Å². The van der Waals surface area contributed by atoms with Gasteiger partial charge in [0.2, 0.25) is 5.91 Å². The summed E-state index contributed by atoms with van der Waals surface area (Å²) in [4.78, 5) is 13.6. The van der Waals surface area contributed by atoms with Crippen LogP contribution in [0.5, 0.6) is 5.75 Å². The van der Waals surface area contributed by atoms with Gasteiger partial charge in [-0.15, -0.1) is 0 Å². The molecule has 1 fully saturated rings. The number of carbonyl (C=O) groups is 1. The Labute approximate surface area is 200 Å². The first kappa shape index (κ1) is 25.6. The van der Waals surface area contributed by atoms with E-state index in [0.717, 1.165) is 43.3 Å². The van der Waals surface area contributed by atoms with Crippen molar-refractivity contribution in [3.05, 3.63) is 57.2 Å². The van der Waals surface area contributed by atoms with Crippen molar-refractivity contribution < 1.29 is 9.90 Å². The van der Waals surface area contributed by atoms with Gasteiger partial charge in [-0.1, -0.05) is 25.5 Å². The summed E-state index contributed by atoms with van der Waals surface area (Å²) in [6.45, 7) is 7.22. The van der Waals surface area contributed by atoms with Gasteiger partial charge in [-0.25, -0.2) is 0 Å². The molecule has 31 heavy (non-hydrogen) atoms. The molecule has 0 spiro atoms. The van der Waals surface area contributed by atoms with Crippen molar-refractivity contribution >= 4 is 39.2 Å². The fourth-order valence-electron chi connectivity index (χ4n) is 4.30. The second-order valence-electron chi connectivity index (χ2n) is 7.62. The van der Waals surface area contributed by atoms with E-state index in [2.05, 4.69) is 33.4 Å². The second-order valence-corrected chi connectivity index (χ2v) is 9.35. The molecule has 2 heterocycles. The summed E-state index contributed by atoms with van der Waals surface area (Å²) in [5.74, 6) is 0.481. The fraction of sp³-hybridized carbons (Fsp3) is 0.480. The van der Waals surface area contributed by atoms with Crippen molar-refractivity contribution in [2.45, 2.75) is 52.5 Å². The lowest BCUT2D eigenvalue weighted by Crippen LogP contribution is -2.36. The highest BCUT2D eigenvalue weighted by atomic mass is 79.9. The summed E-state index contributed by atoms with van der Waals surface area (Å²) >= 11 is 5.33. The number of halogens is 1. The second kappa shape index (κ2) is 12.4. The maximum atomic E-state index is 11.7. The number of nitrogens with zero attached hydrogens (tertiary/aromatic N) is 1. The third-order valence-electron chi connectivity index (χ3n) is 5.63. The molecule has 0 saturated carbocycles. The van der Waals surface area contributed by atoms with Gasteiger partial charge in [0, 0.05) is 30.7 Å². The minimum absolute atomic E-state index is 0.156. The zero-order chi connectivity index (χ0) is 23.0. The number of fused-ring (bicyclic) bond motifs is 2. The molecule has 2 N–H and O–H groups in total. The molecule has 1 aromatic carbocycles. The highest BCUT2D eigenvalue weighted by Crippen LogP contribution is 2.40. The summed E-state index contributed by atoms with van der Waals surface area (Å²) in [6, 6.07) is 5.91. The molecular formula is C25H35BrN2O2S. The maximum Gasteiger partial charge on any atom is 0.219 e. The molecule has 0 radical (unpaired) electrons. The number of aryl methyl sites for hydroxylation is 1. The van der Waals surface area contributed by atoms with E-state index in [-0.39, 0.29) is 11.9 Å². The highest BCUT2D eigenvalue weighted by Gasteiger charge is 2.31. The summed E-state index contributed by atoms with van der Waals surface area (Å²) in [7, 11) is 0. The molecule has 0 aromatic heterocycles. The molecule has 1 atom stereocenters. The number of phenols is 1. The van der Waals surface area contributed by atoms with E-state index in [4.69, 9.17) is 0 Å². The Morgan fingerprint density at radius 1 is 1.16 bits per heavy atom. The smallest absolute Gasteiger partial charge is 0.219 e. The standard InChI is InChI=1S/C21H23BrN2O2.C2H6S.C2H6/c1-13(25)24-8-6-14(7-9-24)20-19-5-4-18(26)11-15(19)2-3-16-10-17(22)12-23-21(16)20;1-3-2;1-2/h4-5,10-12,21,23,26H,2-3,6-9H2,1H3;1-2H3;1-2H3. The molecule has 1 aliphatic carbocycles. The van der Waals surface area contributed by atoms with Crippen LogP contribution in [0.3, 0.4) is 0 Å². The summed E-state index contributed by atoms with van der Waals surface area (Å²) in [6.07, 6.45) is 12.0. The molecule has 4 rings (SSSR count). The van der Waals surface area contributed by atoms with Crippen LogP contribution in [-0.4, -0.2) is 47.6 Å². The van der Waals surface area contributed by atoms with Gasteiger partial charge < -0.3 is 15.3 Å². The number of hydrogen-bond donors (Lipinski definition) is 2. The number of hydrogen-bond acceptors (Lipinski definition) is 4. The lowest BCUT2D eigenvalue weighted by atomic mass is 9.85. The normalized spacial score (nSPS) is 19.7. The van der Waals surface area contributed by atoms with Crippen molar-refractivity contribution in [2.75, 3.05) is 25.6 Å². The molecule has 1 saturated heterocycles. The molecular weight excluding hydrogens is 472 g/mol. The molecule has 2 aliphatic heterocycles. The number of benzene rings is 1. The van der Waals surface area contributed by atoms with Gasteiger partial charge in [0.15, 0.2) is 0 Å². The number of likely N-dealkylation sites (tertiary alicyclic amines) is 1. The van der Waals surface area contributed by atoms with Crippen LogP contribution in [0.25, 0.3) is 5.57 Å². The van der Waals surface area contributed by atoms with Crippen LogP contribution in [-0.2, 0) is 11.2 Å². The first-order valence-corrected chi connectivity index (χ1v) is 13.4. The largest absolute Gasteiger partial charge is 0.508 e. The van der Waals surface area contributed by atoms with E-state index >= 15 is 0 Å². The zero-order valence-corrected chi connectivity index (χ0v) is 21.7. The monoisotopic (exact) mass is 506 g/mol. The fourth-order valence-corrected chi connectivity index (χ4v) is 4.72. The van der Waals surface area contributed by atoms with Gasteiger partial charge >= 0.3 is 0 Å². The molecule has 4 nitrogen and oxygen atoms in total. The Kier molecular flexibility index (Phi) is 10.2. The third kappa shape index (κ3) is 6.42. The van der Waals surface area contributed by atoms with E-state index in [1.807, 2.05) is 43.5 Å². The number of aromatic hydroxyl groups is 1. The lowest BCUT2D eigenvalue weighted by molar-refractivity contribution is -0.129. The third-order valence-corrected chi connectivity index (χ3v) is 6.08. The SMILES string of the molecule is CC.CC(=O)N1CCC(=C2c3ccc(O)cc3CCC3=CC(Br)=CNC32)CC1.CSC. The Hall–Kier alpha value is -1.66. The number of nitrogens with one attached hydrogen (secondary N) is 1. The van der Waals surface area contributed by atoms with E-state index in [0.29, 0.717) is 5.75 Å². The van der Waals surface area contributed by atoms with Crippen molar-refractivity contribution in [3.8, 4) is 5.75 Å². The first-order valence-electron chi connectivity index (χ1n) is 11.0. The van der Waals surface area contributed by atoms with E-state index in [1.54, 1.807) is 24.8 Å². The van der Waals surface area contributed by atoms with Crippen LogP contribution < -0.4 is 5.32 Å². The first-order chi connectivity index (χ1) is 14.9. The number of phenolic OH excluding ortho intramolecular Hbond substituents is 1. The van der Waals surface area contributed by atoms with Crippen molar-refractivity contribution in [1.82, 2.24) is 10.2 Å². The highest BCUT2D eigenvalue weighted by molar-refractivity contribution is 9.11. The molecule has 1 amide bonds. The van der Waals surface area contributed by atoms with Crippen LogP contribution in [0.4, 0.5) is 0 Å². The number of amides is 1. The molecule has 6 heteroatoms. The Morgan fingerprint density at radius 3 is 2.42 bits per heavy atom. The quantitative estimate of drug-likeness (QED) is 0.461. The summed E-state index contributed by atoms with van der Waals surface area (Å²) in [5, 5.41) is 13.5. The number of thioether (sulfide) groups is 1. The Morgan fingerprint density at radius 2 is 1.81 bits per heavy atom. The summed E-state index contributed by atoms with van der Waals surface area (Å²) < 4.78 is 1.06. The predicted molar refractivity (Wildman–Crippen MR) is 138 cm³/mol. The molecule has 3 aliphatic rings. The van der Waals surface area contributed by atoms with Crippen molar-refractivity contribution in [3.63, 3.8) is 0 Å². The molecule has 170 valence electrons. The van der Waals surface area contributed by atoms with Crippen LogP contribution in [0.2, 0.25) is 0 Å². The number of carbonyl (C=O) groups excluding carboxylic acids is 1. The van der Waals surface area contributed by atoms with Gasteiger partial charge in [0.25, 0.3) is 0 Å².